The van der Waals surface area contributed by atoms with Gasteiger partial charge >= 0.3 is 0 Å². The minimum atomic E-state index is -0.0552. The van der Waals surface area contributed by atoms with Crippen LogP contribution in [0.25, 0.3) is 34.3 Å². The van der Waals surface area contributed by atoms with E-state index >= 15 is 0 Å². The summed E-state index contributed by atoms with van der Waals surface area (Å²) in [5.41, 5.74) is 8.80. The molecule has 6 rings (SSSR count). The van der Waals surface area contributed by atoms with Gasteiger partial charge in [-0.3, -0.25) is 19.7 Å². The average molecular weight is 530 g/mol. The standard InChI is InChI=1S/C29H39N9O/c1-18-16-35(5)17-26-22(21(4)38(34-26)14-13-37-11-7-8-12-37)9-10-24-23-15-25(30-20(3)28(23)32-31-24)27-19(2)33-36(6)29(27)39-18/h9-10,15,18H,7-8,11-14,16-17H2,1-6H3,(H,31,32)/b10-9+/t18-/m0/s1. The molecule has 2 bridgehead atoms. The Labute approximate surface area is 229 Å². The Bertz CT molecular complexity index is 1540. The van der Waals surface area contributed by atoms with Crippen LogP contribution in [0.2, 0.25) is 0 Å². The Balaban J connectivity index is 1.45. The molecule has 0 saturated carbocycles. The molecule has 2 aliphatic heterocycles. The fourth-order valence-electron chi connectivity index (χ4n) is 6.08. The Morgan fingerprint density at radius 3 is 2.62 bits per heavy atom. The predicted molar refractivity (Wildman–Crippen MR) is 154 cm³/mol. The smallest absolute Gasteiger partial charge is 0.221 e. The van der Waals surface area contributed by atoms with E-state index < -0.39 is 0 Å². The molecule has 0 radical (unpaired) electrons. The van der Waals surface area contributed by atoms with Crippen molar-refractivity contribution in [3.05, 3.63) is 40.1 Å². The minimum Gasteiger partial charge on any atom is -0.473 e. The highest BCUT2D eigenvalue weighted by Gasteiger charge is 2.24. The molecule has 0 spiro atoms. The Kier molecular flexibility index (Phi) is 6.76. The third kappa shape index (κ3) is 4.87. The van der Waals surface area contributed by atoms with Gasteiger partial charge in [0.25, 0.3) is 0 Å². The number of aryl methyl sites for hydroxylation is 3. The number of aromatic nitrogens is 7. The summed E-state index contributed by atoms with van der Waals surface area (Å²) in [6, 6.07) is 2.10. The maximum atomic E-state index is 6.54. The van der Waals surface area contributed by atoms with Crippen molar-refractivity contribution in [2.24, 2.45) is 7.05 Å². The highest BCUT2D eigenvalue weighted by molar-refractivity contribution is 5.93. The summed E-state index contributed by atoms with van der Waals surface area (Å²) in [5.74, 6) is 0.734. The van der Waals surface area contributed by atoms with Gasteiger partial charge in [-0.15, -0.1) is 0 Å². The van der Waals surface area contributed by atoms with E-state index in [1.54, 1.807) is 0 Å². The van der Waals surface area contributed by atoms with Crippen molar-refractivity contribution in [1.29, 1.82) is 0 Å². The van der Waals surface area contributed by atoms with Crippen LogP contribution in [0.5, 0.6) is 5.88 Å². The van der Waals surface area contributed by atoms with Crippen LogP contribution < -0.4 is 4.74 Å². The lowest BCUT2D eigenvalue weighted by Gasteiger charge is -2.22. The van der Waals surface area contributed by atoms with Gasteiger partial charge in [-0.25, -0.2) is 4.68 Å². The first-order valence-electron chi connectivity index (χ1n) is 14.0. The molecule has 4 aromatic rings. The number of likely N-dealkylation sites (tertiary alicyclic amines) is 1. The van der Waals surface area contributed by atoms with E-state index in [4.69, 9.17) is 14.8 Å². The van der Waals surface area contributed by atoms with E-state index in [1.165, 1.54) is 37.2 Å². The summed E-state index contributed by atoms with van der Waals surface area (Å²) in [6.07, 6.45) is 6.88. The molecule has 4 aromatic heterocycles. The lowest BCUT2D eigenvalue weighted by atomic mass is 10.1. The van der Waals surface area contributed by atoms with Crippen LogP contribution in [0.15, 0.2) is 6.07 Å². The number of H-pyrrole nitrogens is 1. The molecular formula is C29H39N9O. The number of hydrogen-bond donors (Lipinski definition) is 1. The first kappa shape index (κ1) is 25.8. The maximum Gasteiger partial charge on any atom is 0.221 e. The number of rotatable bonds is 3. The SMILES string of the molecule is Cc1nn(C)c2c1-c1cc3c([nH]nc3c(C)n1)/C=C/c1c(nn(CCN3CCCC3)c1C)CN(C)C[C@H](C)O2. The molecule has 1 saturated heterocycles. The maximum absolute atomic E-state index is 6.54. The Hall–Kier alpha value is -3.50. The second-order valence-corrected chi connectivity index (χ2v) is 11.2. The van der Waals surface area contributed by atoms with Crippen molar-refractivity contribution in [3.63, 3.8) is 0 Å². The van der Waals surface area contributed by atoms with Crippen LogP contribution in [-0.4, -0.2) is 83.9 Å². The molecule has 6 heterocycles. The second kappa shape index (κ2) is 10.2. The quantitative estimate of drug-likeness (QED) is 0.429. The molecule has 0 amide bonds. The fraction of sp³-hybridized carbons (Fsp3) is 0.517. The highest BCUT2D eigenvalue weighted by Crippen LogP contribution is 2.35. The summed E-state index contributed by atoms with van der Waals surface area (Å²) in [4.78, 5) is 9.75. The summed E-state index contributed by atoms with van der Waals surface area (Å²) >= 11 is 0. The zero-order valence-electron chi connectivity index (χ0n) is 24.0. The van der Waals surface area contributed by atoms with Crippen molar-refractivity contribution < 1.29 is 4.74 Å². The minimum absolute atomic E-state index is 0.0552. The zero-order valence-corrected chi connectivity index (χ0v) is 24.0. The largest absolute Gasteiger partial charge is 0.473 e. The van der Waals surface area contributed by atoms with E-state index in [1.807, 2.05) is 25.6 Å². The normalized spacial score (nSPS) is 19.6. The molecule has 39 heavy (non-hydrogen) atoms. The molecule has 10 nitrogen and oxygen atoms in total. The summed E-state index contributed by atoms with van der Waals surface area (Å²) in [6.45, 7) is 14.1. The van der Waals surface area contributed by atoms with Gasteiger partial charge in [0.15, 0.2) is 0 Å². The topological polar surface area (TPSA) is 92.9 Å². The van der Waals surface area contributed by atoms with Gasteiger partial charge in [0.2, 0.25) is 5.88 Å². The van der Waals surface area contributed by atoms with Gasteiger partial charge in [0.1, 0.15) is 11.6 Å². The molecule has 0 aromatic carbocycles. The zero-order chi connectivity index (χ0) is 27.3. The van der Waals surface area contributed by atoms with Crippen LogP contribution in [-0.2, 0) is 20.1 Å². The van der Waals surface area contributed by atoms with Crippen molar-refractivity contribution in [2.45, 2.75) is 59.7 Å². The molecule has 1 N–H and O–H groups in total. The van der Waals surface area contributed by atoms with Gasteiger partial charge < -0.3 is 9.64 Å². The van der Waals surface area contributed by atoms with E-state index in [9.17, 15) is 0 Å². The molecule has 206 valence electrons. The monoisotopic (exact) mass is 529 g/mol. The molecule has 2 aliphatic rings. The molecule has 10 heteroatoms. The molecule has 0 unspecified atom stereocenters. The number of hydrogen-bond acceptors (Lipinski definition) is 7. The third-order valence-electron chi connectivity index (χ3n) is 8.05. The van der Waals surface area contributed by atoms with Gasteiger partial charge in [-0.1, -0.05) is 0 Å². The highest BCUT2D eigenvalue weighted by atomic mass is 16.5. The van der Waals surface area contributed by atoms with E-state index in [0.29, 0.717) is 0 Å². The number of ether oxygens (including phenoxy) is 1. The molecular weight excluding hydrogens is 490 g/mol. The summed E-state index contributed by atoms with van der Waals surface area (Å²) in [5, 5.41) is 18.7. The average Bonchev–Trinajstić information content (AvgIpc) is 3.65. The van der Waals surface area contributed by atoms with E-state index in [2.05, 4.69) is 68.9 Å². The Morgan fingerprint density at radius 2 is 1.82 bits per heavy atom. The lowest BCUT2D eigenvalue weighted by Crippen LogP contribution is -2.31. The van der Waals surface area contributed by atoms with Crippen molar-refractivity contribution in [3.8, 4) is 17.1 Å². The van der Waals surface area contributed by atoms with Gasteiger partial charge in [0.05, 0.1) is 40.6 Å². The van der Waals surface area contributed by atoms with Crippen LogP contribution in [0.3, 0.4) is 0 Å². The summed E-state index contributed by atoms with van der Waals surface area (Å²) < 4.78 is 10.5. The van der Waals surface area contributed by atoms with E-state index in [0.717, 1.165) is 77.0 Å². The van der Waals surface area contributed by atoms with Crippen LogP contribution >= 0.6 is 0 Å². The number of pyridine rings is 1. The number of aromatic amines is 1. The lowest BCUT2D eigenvalue weighted by molar-refractivity contribution is 0.148. The Morgan fingerprint density at radius 1 is 1.03 bits per heavy atom. The first-order chi connectivity index (χ1) is 18.8. The predicted octanol–water partition coefficient (Wildman–Crippen LogP) is 3.96. The van der Waals surface area contributed by atoms with Crippen LogP contribution in [0, 0.1) is 20.8 Å². The molecule has 1 fully saturated rings. The van der Waals surface area contributed by atoms with Crippen molar-refractivity contribution >= 4 is 23.1 Å². The number of nitrogens with one attached hydrogen (secondary N) is 1. The summed E-state index contributed by atoms with van der Waals surface area (Å²) in [7, 11) is 4.06. The van der Waals surface area contributed by atoms with Crippen molar-refractivity contribution in [1.82, 2.24) is 44.5 Å². The number of nitrogens with zero attached hydrogens (tertiary/aromatic N) is 8. The second-order valence-electron chi connectivity index (χ2n) is 11.2. The van der Waals surface area contributed by atoms with Gasteiger partial charge in [0, 0.05) is 43.3 Å². The van der Waals surface area contributed by atoms with E-state index in [-0.39, 0.29) is 6.10 Å². The molecule has 0 aliphatic carbocycles. The van der Waals surface area contributed by atoms with Crippen LogP contribution in [0.1, 0.15) is 53.8 Å². The van der Waals surface area contributed by atoms with Gasteiger partial charge in [-0.05, 0) is 78.9 Å². The number of likely N-dealkylation sites (N-methyl/N-ethyl adjacent to an activating group) is 1. The van der Waals surface area contributed by atoms with Gasteiger partial charge in [-0.2, -0.15) is 15.3 Å². The van der Waals surface area contributed by atoms with Crippen LogP contribution in [0.4, 0.5) is 0 Å². The fourth-order valence-corrected chi connectivity index (χ4v) is 6.08. The third-order valence-corrected chi connectivity index (χ3v) is 8.05. The molecule has 1 atom stereocenters. The van der Waals surface area contributed by atoms with Crippen molar-refractivity contribution in [2.75, 3.05) is 33.2 Å². The first-order valence-corrected chi connectivity index (χ1v) is 14.0. The number of fused-ring (bicyclic) bond motifs is 4.